The molecular formula is C33H42N2O6. The van der Waals surface area contributed by atoms with Gasteiger partial charge >= 0.3 is 5.97 Å². The summed E-state index contributed by atoms with van der Waals surface area (Å²) in [5, 5.41) is 11.3. The summed E-state index contributed by atoms with van der Waals surface area (Å²) in [5.41, 5.74) is -1.18. The standard InChI is InChI=1S/C33H42N2O6/c1-4-19-34(25-16-15-23-13-9-10-14-24(23)22-25)30(38)28-33-18-17-32(5-2,41-33)27(31(39)40-6-3)26(33)29(37)35(28)20-11-7-8-12-21-36/h4,9-10,13-16,22,26-28,36H,1,5-8,11-12,17-21H2,2-3H3/t26-,27+,28?,32-,33?/m0/s1. The van der Waals surface area contributed by atoms with Gasteiger partial charge in [0.25, 0.3) is 5.91 Å². The van der Waals surface area contributed by atoms with Crippen LogP contribution in [0.3, 0.4) is 0 Å². The Balaban J connectivity index is 1.55. The second-order valence-corrected chi connectivity index (χ2v) is 11.5. The zero-order valence-electron chi connectivity index (χ0n) is 24.2. The van der Waals surface area contributed by atoms with Crippen molar-refractivity contribution in [2.24, 2.45) is 11.8 Å². The molecule has 5 rings (SSSR count). The maximum Gasteiger partial charge on any atom is 0.312 e. The van der Waals surface area contributed by atoms with Crippen molar-refractivity contribution < 1.29 is 29.0 Å². The van der Waals surface area contributed by atoms with Crippen LogP contribution in [-0.4, -0.2) is 71.3 Å². The monoisotopic (exact) mass is 562 g/mol. The van der Waals surface area contributed by atoms with Crippen LogP contribution in [0, 0.1) is 11.8 Å². The van der Waals surface area contributed by atoms with Gasteiger partial charge in [-0.1, -0.05) is 56.2 Å². The van der Waals surface area contributed by atoms with Crippen LogP contribution in [0.2, 0.25) is 0 Å². The van der Waals surface area contributed by atoms with Crippen LogP contribution >= 0.6 is 0 Å². The van der Waals surface area contributed by atoms with Crippen LogP contribution in [0.5, 0.6) is 0 Å². The topological polar surface area (TPSA) is 96.4 Å². The Morgan fingerprint density at radius 3 is 2.59 bits per heavy atom. The van der Waals surface area contributed by atoms with E-state index in [9.17, 15) is 19.5 Å². The number of amides is 2. The molecule has 3 saturated heterocycles. The highest BCUT2D eigenvalue weighted by Gasteiger charge is 2.79. The van der Waals surface area contributed by atoms with E-state index in [0.29, 0.717) is 38.6 Å². The van der Waals surface area contributed by atoms with Crippen LogP contribution < -0.4 is 4.90 Å². The van der Waals surface area contributed by atoms with E-state index in [-0.39, 0.29) is 31.6 Å². The summed E-state index contributed by atoms with van der Waals surface area (Å²) >= 11 is 0. The summed E-state index contributed by atoms with van der Waals surface area (Å²) < 4.78 is 12.3. The lowest BCUT2D eigenvalue weighted by molar-refractivity contribution is -0.160. The maximum atomic E-state index is 14.7. The van der Waals surface area contributed by atoms with E-state index in [1.165, 1.54) is 0 Å². The van der Waals surface area contributed by atoms with Crippen molar-refractivity contribution in [3.05, 3.63) is 55.1 Å². The van der Waals surface area contributed by atoms with Gasteiger partial charge in [-0.2, -0.15) is 0 Å². The van der Waals surface area contributed by atoms with Crippen molar-refractivity contribution in [1.29, 1.82) is 0 Å². The number of rotatable bonds is 13. The van der Waals surface area contributed by atoms with E-state index in [1.807, 2.05) is 49.4 Å². The van der Waals surface area contributed by atoms with Gasteiger partial charge in [-0.05, 0) is 61.9 Å². The first-order valence-electron chi connectivity index (χ1n) is 15.1. The third kappa shape index (κ3) is 4.85. The highest BCUT2D eigenvalue weighted by molar-refractivity contribution is 6.05. The van der Waals surface area contributed by atoms with Crippen molar-refractivity contribution in [1.82, 2.24) is 4.90 Å². The highest BCUT2D eigenvalue weighted by atomic mass is 16.6. The molecule has 1 N–H and O–H groups in total. The van der Waals surface area contributed by atoms with E-state index in [2.05, 4.69) is 6.58 Å². The van der Waals surface area contributed by atoms with Gasteiger partial charge in [-0.25, -0.2) is 0 Å². The summed E-state index contributed by atoms with van der Waals surface area (Å²) in [6.45, 7) is 8.66. The predicted octanol–water partition coefficient (Wildman–Crippen LogP) is 4.63. The zero-order chi connectivity index (χ0) is 29.2. The molecule has 1 spiro atoms. The van der Waals surface area contributed by atoms with Crippen molar-refractivity contribution in [3.63, 3.8) is 0 Å². The van der Waals surface area contributed by atoms with Crippen molar-refractivity contribution in [2.75, 3.05) is 31.2 Å². The normalized spacial score (nSPS) is 28.2. The average Bonchev–Trinajstić information content (AvgIpc) is 3.59. The molecule has 0 radical (unpaired) electrons. The number of ether oxygens (including phenoxy) is 2. The molecule has 2 amide bonds. The first kappa shape index (κ1) is 29.3. The minimum Gasteiger partial charge on any atom is -0.466 e. The number of nitrogens with zero attached hydrogens (tertiary/aromatic N) is 2. The molecule has 2 unspecified atom stereocenters. The molecule has 41 heavy (non-hydrogen) atoms. The first-order valence-corrected chi connectivity index (χ1v) is 15.1. The molecule has 2 aromatic rings. The van der Waals surface area contributed by atoms with E-state index >= 15 is 0 Å². The van der Waals surface area contributed by atoms with E-state index in [1.54, 1.807) is 22.8 Å². The first-order chi connectivity index (χ1) is 19.9. The zero-order valence-corrected chi connectivity index (χ0v) is 24.2. The summed E-state index contributed by atoms with van der Waals surface area (Å²) in [6, 6.07) is 13.0. The molecule has 3 fully saturated rings. The predicted molar refractivity (Wildman–Crippen MR) is 157 cm³/mol. The second-order valence-electron chi connectivity index (χ2n) is 11.5. The lowest BCUT2D eigenvalue weighted by Gasteiger charge is -2.37. The molecule has 0 aromatic heterocycles. The van der Waals surface area contributed by atoms with Crippen LogP contribution in [0.1, 0.15) is 58.8 Å². The molecule has 8 heteroatoms. The van der Waals surface area contributed by atoms with Gasteiger partial charge in [0.1, 0.15) is 17.6 Å². The van der Waals surface area contributed by atoms with Gasteiger partial charge in [0.05, 0.1) is 18.1 Å². The van der Waals surface area contributed by atoms with E-state index in [4.69, 9.17) is 9.47 Å². The SMILES string of the molecule is C=CCN(C(=O)C1N(CCCCCCO)C(=O)[C@@H]2[C@H](C(=O)OCC)[C@]3(CC)CCC12O3)c1ccc2ccccc2c1. The molecule has 2 bridgehead atoms. The maximum absolute atomic E-state index is 14.7. The summed E-state index contributed by atoms with van der Waals surface area (Å²) in [7, 11) is 0. The highest BCUT2D eigenvalue weighted by Crippen LogP contribution is 2.64. The fourth-order valence-corrected chi connectivity index (χ4v) is 7.52. The third-order valence-electron chi connectivity index (χ3n) is 9.38. The van der Waals surface area contributed by atoms with E-state index in [0.717, 1.165) is 29.3 Å². The minimum atomic E-state index is -1.09. The van der Waals surface area contributed by atoms with Gasteiger partial charge in [-0.3, -0.25) is 14.4 Å². The van der Waals surface area contributed by atoms with Gasteiger partial charge in [-0.15, -0.1) is 6.58 Å². The molecule has 3 heterocycles. The lowest BCUT2D eigenvalue weighted by Crippen LogP contribution is -2.56. The molecule has 3 aliphatic heterocycles. The Kier molecular flexibility index (Phi) is 8.52. The fraction of sp³-hybridized carbons (Fsp3) is 0.545. The number of unbranched alkanes of at least 4 members (excludes halogenated alkanes) is 3. The second kappa shape index (κ2) is 11.9. The quantitative estimate of drug-likeness (QED) is 0.217. The van der Waals surface area contributed by atoms with Gasteiger partial charge in [0.15, 0.2) is 0 Å². The van der Waals surface area contributed by atoms with Gasteiger partial charge in [0.2, 0.25) is 5.91 Å². The van der Waals surface area contributed by atoms with Crippen LogP contribution in [0.15, 0.2) is 55.1 Å². The Morgan fingerprint density at radius 1 is 1.12 bits per heavy atom. The number of esters is 1. The Hall–Kier alpha value is -3.23. The van der Waals surface area contributed by atoms with Gasteiger partial charge < -0.3 is 24.4 Å². The summed E-state index contributed by atoms with van der Waals surface area (Å²) in [5.74, 6) is -2.33. The number of carbonyl (C=O) groups is 3. The molecule has 3 aliphatic rings. The number of aliphatic hydroxyl groups excluding tert-OH is 1. The number of fused-ring (bicyclic) bond motifs is 2. The molecule has 0 saturated carbocycles. The van der Waals surface area contributed by atoms with Crippen LogP contribution in [0.25, 0.3) is 10.8 Å². The number of benzene rings is 2. The molecule has 0 aliphatic carbocycles. The number of hydrogen-bond acceptors (Lipinski definition) is 6. The molecule has 220 valence electrons. The Labute approximate surface area is 242 Å². The lowest BCUT2D eigenvalue weighted by atomic mass is 9.65. The Bertz CT molecular complexity index is 1310. The van der Waals surface area contributed by atoms with Crippen molar-refractivity contribution in [2.45, 2.75) is 76.0 Å². The number of anilines is 1. The molecule has 8 nitrogen and oxygen atoms in total. The van der Waals surface area contributed by atoms with Crippen LogP contribution in [0.4, 0.5) is 5.69 Å². The third-order valence-corrected chi connectivity index (χ3v) is 9.38. The van der Waals surface area contributed by atoms with Gasteiger partial charge in [0, 0.05) is 25.4 Å². The average molecular weight is 563 g/mol. The smallest absolute Gasteiger partial charge is 0.312 e. The van der Waals surface area contributed by atoms with E-state index < -0.39 is 35.0 Å². The number of likely N-dealkylation sites (tertiary alicyclic amines) is 1. The van der Waals surface area contributed by atoms with Crippen molar-refractivity contribution >= 4 is 34.2 Å². The molecule has 5 atom stereocenters. The number of hydrogen-bond donors (Lipinski definition) is 1. The number of carbonyl (C=O) groups excluding carboxylic acids is 3. The number of aliphatic hydroxyl groups is 1. The molecular weight excluding hydrogens is 520 g/mol. The fourth-order valence-electron chi connectivity index (χ4n) is 7.52. The summed E-state index contributed by atoms with van der Waals surface area (Å²) in [4.78, 5) is 45.8. The molecule has 2 aromatic carbocycles. The summed E-state index contributed by atoms with van der Waals surface area (Å²) in [6.07, 6.45) is 6.44. The largest absolute Gasteiger partial charge is 0.466 e. The Morgan fingerprint density at radius 2 is 1.88 bits per heavy atom. The van der Waals surface area contributed by atoms with Crippen molar-refractivity contribution in [3.8, 4) is 0 Å². The minimum absolute atomic E-state index is 0.130. The van der Waals surface area contributed by atoms with Crippen LogP contribution in [-0.2, 0) is 23.9 Å².